The van der Waals surface area contributed by atoms with Crippen LogP contribution >= 0.6 is 11.6 Å². The number of para-hydroxylation sites is 1. The summed E-state index contributed by atoms with van der Waals surface area (Å²) in [5.41, 5.74) is 1.05. The Morgan fingerprint density at radius 2 is 1.64 bits per heavy atom. The van der Waals surface area contributed by atoms with Gasteiger partial charge in [0.2, 0.25) is 11.8 Å². The molecule has 0 spiro atoms. The van der Waals surface area contributed by atoms with Crippen molar-refractivity contribution in [1.82, 2.24) is 10.2 Å². The van der Waals surface area contributed by atoms with Crippen LogP contribution in [0.3, 0.4) is 0 Å². The molecule has 2 amide bonds. The molecule has 0 aliphatic heterocycles. The van der Waals surface area contributed by atoms with Gasteiger partial charge in [-0.1, -0.05) is 48.9 Å². The highest BCUT2D eigenvalue weighted by Gasteiger charge is 2.32. The molecule has 3 rings (SSSR count). The van der Waals surface area contributed by atoms with Gasteiger partial charge in [-0.3, -0.25) is 13.9 Å². The Morgan fingerprint density at radius 1 is 0.974 bits per heavy atom. The summed E-state index contributed by atoms with van der Waals surface area (Å²) < 4.78 is 33.9. The average molecular weight is 572 g/mol. The second kappa shape index (κ2) is 13.5. The van der Waals surface area contributed by atoms with Crippen LogP contribution in [0.5, 0.6) is 5.75 Å². The Bertz CT molecular complexity index is 1370. The van der Waals surface area contributed by atoms with Crippen LogP contribution < -0.4 is 14.4 Å². The number of nitrogens with one attached hydrogen (secondary N) is 1. The predicted octanol–water partition coefficient (Wildman–Crippen LogP) is 4.88. The number of hydrogen-bond acceptors (Lipinski definition) is 5. The van der Waals surface area contributed by atoms with Crippen molar-refractivity contribution in [3.05, 3.63) is 89.4 Å². The Labute approximate surface area is 235 Å². The van der Waals surface area contributed by atoms with Crippen LogP contribution in [-0.4, -0.2) is 50.9 Å². The first-order valence-corrected chi connectivity index (χ1v) is 14.4. The Morgan fingerprint density at radius 3 is 2.26 bits per heavy atom. The van der Waals surface area contributed by atoms with Crippen LogP contribution in [0.4, 0.5) is 5.69 Å². The van der Waals surface area contributed by atoms with E-state index in [2.05, 4.69) is 5.32 Å². The molecule has 0 heterocycles. The molecule has 39 heavy (non-hydrogen) atoms. The molecular formula is C29H34ClN3O5S. The van der Waals surface area contributed by atoms with Crippen molar-refractivity contribution in [2.24, 2.45) is 0 Å². The number of carbonyl (C=O) groups excluding carboxylic acids is 2. The molecule has 0 saturated heterocycles. The largest absolute Gasteiger partial charge is 0.497 e. The highest BCUT2D eigenvalue weighted by Crippen LogP contribution is 2.25. The fraction of sp³-hybridized carbons (Fsp3) is 0.310. The Balaban J connectivity index is 2.00. The van der Waals surface area contributed by atoms with Gasteiger partial charge in [0.1, 0.15) is 18.3 Å². The van der Waals surface area contributed by atoms with E-state index in [4.69, 9.17) is 16.3 Å². The van der Waals surface area contributed by atoms with Crippen LogP contribution in [0.2, 0.25) is 5.02 Å². The topological polar surface area (TPSA) is 96.0 Å². The maximum Gasteiger partial charge on any atom is 0.264 e. The van der Waals surface area contributed by atoms with Gasteiger partial charge in [-0.05, 0) is 74.4 Å². The van der Waals surface area contributed by atoms with Crippen molar-refractivity contribution in [2.45, 2.75) is 50.7 Å². The fourth-order valence-electron chi connectivity index (χ4n) is 3.87. The van der Waals surface area contributed by atoms with Gasteiger partial charge in [0, 0.05) is 17.6 Å². The number of anilines is 1. The number of hydrogen-bond donors (Lipinski definition) is 1. The van der Waals surface area contributed by atoms with Crippen molar-refractivity contribution in [3.8, 4) is 5.75 Å². The number of carbonyl (C=O) groups is 2. The van der Waals surface area contributed by atoms with Crippen molar-refractivity contribution in [2.75, 3.05) is 18.0 Å². The Kier molecular flexibility index (Phi) is 10.4. The van der Waals surface area contributed by atoms with Crippen molar-refractivity contribution >= 4 is 39.1 Å². The van der Waals surface area contributed by atoms with Crippen molar-refractivity contribution in [3.63, 3.8) is 0 Å². The van der Waals surface area contributed by atoms with Gasteiger partial charge in [0.15, 0.2) is 0 Å². The molecule has 0 radical (unpaired) electrons. The number of sulfonamides is 1. The van der Waals surface area contributed by atoms with Gasteiger partial charge in [-0.15, -0.1) is 0 Å². The van der Waals surface area contributed by atoms with E-state index in [1.54, 1.807) is 62.6 Å². The normalized spacial score (nSPS) is 12.7. The molecular weight excluding hydrogens is 538 g/mol. The van der Waals surface area contributed by atoms with E-state index < -0.39 is 28.5 Å². The average Bonchev–Trinajstić information content (AvgIpc) is 2.94. The minimum Gasteiger partial charge on any atom is -0.497 e. The number of ether oxygens (including phenoxy) is 1. The van der Waals surface area contributed by atoms with Gasteiger partial charge >= 0.3 is 0 Å². The number of amides is 2. The zero-order valence-electron chi connectivity index (χ0n) is 22.5. The molecule has 3 aromatic carbocycles. The highest BCUT2D eigenvalue weighted by atomic mass is 35.5. The molecule has 0 aliphatic rings. The SMILES string of the molecule is CC[C@@H](C)NC(=O)[C@H](C)N(Cc1cccc(OC)c1)C(=O)CN(c1ccccc1)S(=O)(=O)c1ccc(Cl)cc1. The quantitative estimate of drug-likeness (QED) is 0.334. The monoisotopic (exact) mass is 571 g/mol. The summed E-state index contributed by atoms with van der Waals surface area (Å²) in [6, 6.07) is 20.4. The summed E-state index contributed by atoms with van der Waals surface area (Å²) in [6.07, 6.45) is 0.726. The second-order valence-electron chi connectivity index (χ2n) is 9.17. The van der Waals surface area contributed by atoms with Crippen LogP contribution in [-0.2, 0) is 26.2 Å². The smallest absolute Gasteiger partial charge is 0.264 e. The number of methoxy groups -OCH3 is 1. The minimum absolute atomic E-state index is 0.00883. The van der Waals surface area contributed by atoms with Gasteiger partial charge in [0.25, 0.3) is 10.0 Å². The molecule has 0 fully saturated rings. The lowest BCUT2D eigenvalue weighted by Crippen LogP contribution is -2.52. The summed E-state index contributed by atoms with van der Waals surface area (Å²) in [6.45, 7) is 5.04. The molecule has 10 heteroatoms. The van der Waals surface area contributed by atoms with Crippen molar-refractivity contribution < 1.29 is 22.7 Å². The molecule has 0 unspecified atom stereocenters. The summed E-state index contributed by atoms with van der Waals surface area (Å²) in [5, 5.41) is 3.31. The fourth-order valence-corrected chi connectivity index (χ4v) is 5.41. The van der Waals surface area contributed by atoms with E-state index in [9.17, 15) is 18.0 Å². The third-order valence-corrected chi connectivity index (χ3v) is 8.42. The standard InChI is InChI=1S/C29H34ClN3O5S/c1-5-21(2)31-29(35)22(3)32(19-23-10-9-13-26(18-23)38-4)28(34)20-33(25-11-7-6-8-12-25)39(36,37)27-16-14-24(30)15-17-27/h6-18,21-22H,5,19-20H2,1-4H3,(H,31,35)/t21-,22+/m1/s1. The highest BCUT2D eigenvalue weighted by molar-refractivity contribution is 7.92. The minimum atomic E-state index is -4.15. The van der Waals surface area contributed by atoms with Gasteiger partial charge in [-0.25, -0.2) is 8.42 Å². The van der Waals surface area contributed by atoms with E-state index >= 15 is 0 Å². The first kappa shape index (κ1) is 30.0. The summed E-state index contributed by atoms with van der Waals surface area (Å²) in [4.78, 5) is 28.4. The molecule has 0 aliphatic carbocycles. The summed E-state index contributed by atoms with van der Waals surface area (Å²) >= 11 is 5.98. The van der Waals surface area contributed by atoms with Crippen LogP contribution in [0.25, 0.3) is 0 Å². The predicted molar refractivity (Wildman–Crippen MR) is 153 cm³/mol. The molecule has 3 aromatic rings. The number of rotatable bonds is 12. The van der Waals surface area contributed by atoms with Crippen LogP contribution in [0.1, 0.15) is 32.8 Å². The first-order chi connectivity index (χ1) is 18.6. The Hall–Kier alpha value is -3.56. The van der Waals surface area contributed by atoms with E-state index in [-0.39, 0.29) is 23.4 Å². The maximum absolute atomic E-state index is 13.9. The molecule has 2 atom stereocenters. The number of benzene rings is 3. The molecule has 0 aromatic heterocycles. The van der Waals surface area contributed by atoms with E-state index in [0.717, 1.165) is 16.3 Å². The molecule has 0 saturated carbocycles. The molecule has 8 nitrogen and oxygen atoms in total. The maximum atomic E-state index is 13.9. The first-order valence-electron chi connectivity index (χ1n) is 12.6. The van der Waals surface area contributed by atoms with Gasteiger partial charge in [-0.2, -0.15) is 0 Å². The number of halogens is 1. The lowest BCUT2D eigenvalue weighted by atomic mass is 10.1. The van der Waals surface area contributed by atoms with Crippen LogP contribution in [0, 0.1) is 0 Å². The van der Waals surface area contributed by atoms with E-state index in [0.29, 0.717) is 16.5 Å². The second-order valence-corrected chi connectivity index (χ2v) is 11.5. The van der Waals surface area contributed by atoms with Crippen molar-refractivity contribution in [1.29, 1.82) is 0 Å². The lowest BCUT2D eigenvalue weighted by molar-refractivity contribution is -0.139. The van der Waals surface area contributed by atoms with E-state index in [1.807, 2.05) is 19.9 Å². The lowest BCUT2D eigenvalue weighted by Gasteiger charge is -2.32. The molecule has 1 N–H and O–H groups in total. The van der Waals surface area contributed by atoms with E-state index in [1.165, 1.54) is 29.2 Å². The zero-order chi connectivity index (χ0) is 28.6. The third kappa shape index (κ3) is 7.74. The number of nitrogens with zero attached hydrogens (tertiary/aromatic N) is 2. The molecule has 208 valence electrons. The summed E-state index contributed by atoms with van der Waals surface area (Å²) in [5.74, 6) is -0.258. The van der Waals surface area contributed by atoms with Crippen LogP contribution in [0.15, 0.2) is 83.8 Å². The molecule has 0 bridgehead atoms. The summed E-state index contributed by atoms with van der Waals surface area (Å²) in [7, 11) is -2.60. The third-order valence-electron chi connectivity index (χ3n) is 6.38. The van der Waals surface area contributed by atoms with Gasteiger partial charge < -0.3 is 15.0 Å². The zero-order valence-corrected chi connectivity index (χ0v) is 24.1. The van der Waals surface area contributed by atoms with Gasteiger partial charge in [0.05, 0.1) is 17.7 Å².